The average molecular weight is 276 g/mol. The van der Waals surface area contributed by atoms with Crippen molar-refractivity contribution < 1.29 is 4.74 Å². The summed E-state index contributed by atoms with van der Waals surface area (Å²) in [6, 6.07) is 10.5. The first kappa shape index (κ1) is 16.9. The Balaban J connectivity index is 2.29. The predicted octanol–water partition coefficient (Wildman–Crippen LogP) is 2.52. The summed E-state index contributed by atoms with van der Waals surface area (Å²) in [6.45, 7) is 10.7. The van der Waals surface area contributed by atoms with Crippen molar-refractivity contribution in [2.75, 3.05) is 26.3 Å². The van der Waals surface area contributed by atoms with Crippen LogP contribution >= 0.6 is 0 Å². The van der Waals surface area contributed by atoms with Gasteiger partial charge in [0.1, 0.15) is 0 Å². The van der Waals surface area contributed by atoms with Gasteiger partial charge < -0.3 is 15.8 Å². The Hall–Kier alpha value is -1.16. The van der Waals surface area contributed by atoms with Crippen LogP contribution in [0.1, 0.15) is 25.8 Å². The highest BCUT2D eigenvalue weighted by molar-refractivity contribution is 5.15. The van der Waals surface area contributed by atoms with E-state index in [2.05, 4.69) is 43.1 Å². The van der Waals surface area contributed by atoms with E-state index in [9.17, 15) is 0 Å². The zero-order chi connectivity index (χ0) is 14.8. The Morgan fingerprint density at radius 1 is 1.35 bits per heavy atom. The molecule has 3 heteroatoms. The summed E-state index contributed by atoms with van der Waals surface area (Å²) in [4.78, 5) is 0. The highest BCUT2D eigenvalue weighted by atomic mass is 16.5. The molecule has 1 aromatic rings. The Kier molecular flexibility index (Phi) is 7.52. The standard InChI is InChI=1S/C17H28N2O/c1-15(2)13-20-12-11-19-17(3,14-18)10-9-16-7-5-4-6-8-16/h4-8,19H,1,9-14,18H2,2-3H3. The molecule has 0 fully saturated rings. The maximum absolute atomic E-state index is 5.92. The second kappa shape index (κ2) is 8.90. The monoisotopic (exact) mass is 276 g/mol. The molecule has 1 rings (SSSR count). The number of benzene rings is 1. The molecule has 0 aromatic heterocycles. The molecule has 112 valence electrons. The smallest absolute Gasteiger partial charge is 0.0672 e. The van der Waals surface area contributed by atoms with Crippen LogP contribution in [0.2, 0.25) is 0 Å². The molecule has 20 heavy (non-hydrogen) atoms. The van der Waals surface area contributed by atoms with Crippen molar-refractivity contribution >= 4 is 0 Å². The van der Waals surface area contributed by atoms with Crippen LogP contribution in [0.5, 0.6) is 0 Å². The summed E-state index contributed by atoms with van der Waals surface area (Å²) >= 11 is 0. The molecule has 0 amide bonds. The van der Waals surface area contributed by atoms with Gasteiger partial charge in [-0.1, -0.05) is 42.5 Å². The zero-order valence-electron chi connectivity index (χ0n) is 12.8. The summed E-state index contributed by atoms with van der Waals surface area (Å²) in [5.74, 6) is 0. The van der Waals surface area contributed by atoms with Gasteiger partial charge in [-0.2, -0.15) is 0 Å². The minimum Gasteiger partial charge on any atom is -0.376 e. The number of ether oxygens (including phenoxy) is 1. The van der Waals surface area contributed by atoms with E-state index in [-0.39, 0.29) is 5.54 Å². The molecule has 0 aliphatic heterocycles. The largest absolute Gasteiger partial charge is 0.376 e. The van der Waals surface area contributed by atoms with Gasteiger partial charge in [0.05, 0.1) is 13.2 Å². The molecule has 0 aliphatic carbocycles. The Bertz CT molecular complexity index is 391. The molecule has 1 unspecified atom stereocenters. The summed E-state index contributed by atoms with van der Waals surface area (Å²) in [7, 11) is 0. The Morgan fingerprint density at radius 3 is 2.65 bits per heavy atom. The van der Waals surface area contributed by atoms with Crippen molar-refractivity contribution in [3.8, 4) is 0 Å². The SMILES string of the molecule is C=C(C)COCCNC(C)(CN)CCc1ccccc1. The molecule has 0 radical (unpaired) electrons. The number of hydrogen-bond acceptors (Lipinski definition) is 3. The van der Waals surface area contributed by atoms with Crippen LogP contribution in [0.25, 0.3) is 0 Å². The van der Waals surface area contributed by atoms with Gasteiger partial charge >= 0.3 is 0 Å². The van der Waals surface area contributed by atoms with Gasteiger partial charge in [0.25, 0.3) is 0 Å². The van der Waals surface area contributed by atoms with Crippen LogP contribution in [0, 0.1) is 0 Å². The minimum absolute atomic E-state index is 0.0393. The fraction of sp³-hybridized carbons (Fsp3) is 0.529. The molecule has 3 nitrogen and oxygen atoms in total. The van der Waals surface area contributed by atoms with E-state index < -0.39 is 0 Å². The van der Waals surface area contributed by atoms with Gasteiger partial charge in [-0.25, -0.2) is 0 Å². The van der Waals surface area contributed by atoms with E-state index >= 15 is 0 Å². The maximum Gasteiger partial charge on any atom is 0.0672 e. The van der Waals surface area contributed by atoms with Crippen LogP contribution in [0.4, 0.5) is 0 Å². The Morgan fingerprint density at radius 2 is 2.05 bits per heavy atom. The molecule has 0 aliphatic rings. The normalized spacial score (nSPS) is 13.9. The van der Waals surface area contributed by atoms with E-state index in [0.717, 1.165) is 25.0 Å². The van der Waals surface area contributed by atoms with Gasteiger partial charge in [-0.15, -0.1) is 0 Å². The van der Waals surface area contributed by atoms with Gasteiger partial charge in [-0.05, 0) is 32.3 Å². The highest BCUT2D eigenvalue weighted by Crippen LogP contribution is 2.13. The lowest BCUT2D eigenvalue weighted by Gasteiger charge is -2.29. The topological polar surface area (TPSA) is 47.3 Å². The lowest BCUT2D eigenvalue weighted by Crippen LogP contribution is -2.50. The number of aryl methyl sites for hydroxylation is 1. The zero-order valence-corrected chi connectivity index (χ0v) is 12.8. The summed E-state index contributed by atoms with van der Waals surface area (Å²) < 4.78 is 5.49. The molecule has 3 N–H and O–H groups in total. The van der Waals surface area contributed by atoms with Gasteiger partial charge in [0.15, 0.2) is 0 Å². The van der Waals surface area contributed by atoms with Gasteiger partial charge in [0, 0.05) is 18.6 Å². The average Bonchev–Trinajstić information content (AvgIpc) is 2.45. The van der Waals surface area contributed by atoms with Crippen molar-refractivity contribution in [2.24, 2.45) is 5.73 Å². The molecule has 0 heterocycles. The summed E-state index contributed by atoms with van der Waals surface area (Å²) in [5, 5.41) is 3.51. The van der Waals surface area contributed by atoms with Crippen LogP contribution < -0.4 is 11.1 Å². The second-order valence-electron chi connectivity index (χ2n) is 5.69. The Labute approximate surface area is 123 Å². The fourth-order valence-electron chi connectivity index (χ4n) is 2.00. The fourth-order valence-corrected chi connectivity index (χ4v) is 2.00. The third kappa shape index (κ3) is 6.85. The predicted molar refractivity (Wildman–Crippen MR) is 85.9 cm³/mol. The molecule has 1 aromatic carbocycles. The molecule has 0 saturated carbocycles. The third-order valence-corrected chi connectivity index (χ3v) is 3.41. The lowest BCUT2D eigenvalue weighted by atomic mass is 9.93. The third-order valence-electron chi connectivity index (χ3n) is 3.41. The van der Waals surface area contributed by atoms with Crippen molar-refractivity contribution in [3.63, 3.8) is 0 Å². The van der Waals surface area contributed by atoms with E-state index in [1.165, 1.54) is 5.56 Å². The second-order valence-corrected chi connectivity index (χ2v) is 5.69. The van der Waals surface area contributed by atoms with Gasteiger partial charge in [-0.3, -0.25) is 0 Å². The van der Waals surface area contributed by atoms with Crippen LogP contribution in [-0.2, 0) is 11.2 Å². The van der Waals surface area contributed by atoms with Crippen molar-refractivity contribution in [3.05, 3.63) is 48.0 Å². The lowest BCUT2D eigenvalue weighted by molar-refractivity contribution is 0.148. The molecular formula is C17H28N2O. The maximum atomic E-state index is 5.92. The number of hydrogen-bond donors (Lipinski definition) is 2. The minimum atomic E-state index is -0.0393. The molecule has 0 saturated heterocycles. The number of nitrogens with two attached hydrogens (primary N) is 1. The van der Waals surface area contributed by atoms with Crippen molar-refractivity contribution in [1.29, 1.82) is 0 Å². The van der Waals surface area contributed by atoms with Crippen LogP contribution in [0.15, 0.2) is 42.5 Å². The first-order chi connectivity index (χ1) is 9.56. The van der Waals surface area contributed by atoms with Crippen molar-refractivity contribution in [2.45, 2.75) is 32.2 Å². The quantitative estimate of drug-likeness (QED) is 0.510. The highest BCUT2D eigenvalue weighted by Gasteiger charge is 2.20. The van der Waals surface area contributed by atoms with E-state index in [1.807, 2.05) is 13.0 Å². The number of rotatable bonds is 10. The first-order valence-corrected chi connectivity index (χ1v) is 7.27. The number of nitrogens with one attached hydrogen (secondary N) is 1. The van der Waals surface area contributed by atoms with Crippen molar-refractivity contribution in [1.82, 2.24) is 5.32 Å². The van der Waals surface area contributed by atoms with E-state index in [1.54, 1.807) is 0 Å². The summed E-state index contributed by atoms with van der Waals surface area (Å²) in [5.41, 5.74) is 8.28. The van der Waals surface area contributed by atoms with E-state index in [4.69, 9.17) is 10.5 Å². The molecular weight excluding hydrogens is 248 g/mol. The first-order valence-electron chi connectivity index (χ1n) is 7.27. The van der Waals surface area contributed by atoms with Gasteiger partial charge in [0.2, 0.25) is 0 Å². The van der Waals surface area contributed by atoms with E-state index in [0.29, 0.717) is 19.8 Å². The molecule has 0 bridgehead atoms. The molecule has 1 atom stereocenters. The summed E-state index contributed by atoms with van der Waals surface area (Å²) in [6.07, 6.45) is 2.06. The molecule has 0 spiro atoms. The van der Waals surface area contributed by atoms with Crippen LogP contribution in [-0.4, -0.2) is 31.8 Å². The van der Waals surface area contributed by atoms with Crippen LogP contribution in [0.3, 0.4) is 0 Å².